The highest BCUT2D eigenvalue weighted by Gasteiger charge is 2.35. The number of hydrogen-bond donors (Lipinski definition) is 0. The number of amides is 1. The van der Waals surface area contributed by atoms with Crippen molar-refractivity contribution in [3.63, 3.8) is 0 Å². The molecule has 0 aliphatic carbocycles. The van der Waals surface area contributed by atoms with Crippen LogP contribution in [0.15, 0.2) is 18.2 Å². The van der Waals surface area contributed by atoms with Crippen molar-refractivity contribution >= 4 is 11.9 Å². The van der Waals surface area contributed by atoms with Crippen LogP contribution in [0.4, 0.5) is 17.6 Å². The molecule has 1 saturated heterocycles. The number of alkyl halides is 3. The molecule has 0 aromatic heterocycles. The van der Waals surface area contributed by atoms with E-state index in [9.17, 15) is 27.2 Å². The van der Waals surface area contributed by atoms with Gasteiger partial charge in [0.15, 0.2) is 0 Å². The van der Waals surface area contributed by atoms with E-state index >= 15 is 0 Å². The van der Waals surface area contributed by atoms with Crippen LogP contribution >= 0.6 is 0 Å². The number of carbonyl (C=O) groups is 2. The van der Waals surface area contributed by atoms with Crippen LogP contribution in [0.1, 0.15) is 93.5 Å². The number of hydrogen-bond acceptors (Lipinski definition) is 3. The van der Waals surface area contributed by atoms with E-state index in [1.165, 1.54) is 43.4 Å². The van der Waals surface area contributed by atoms with Gasteiger partial charge in [-0.1, -0.05) is 58.3 Å². The molecule has 0 saturated carbocycles. The number of likely N-dealkylation sites (tertiary alicyclic amines) is 1. The Labute approximate surface area is 193 Å². The number of carbonyl (C=O) groups excluding carboxylic acids is 2. The summed E-state index contributed by atoms with van der Waals surface area (Å²) >= 11 is 0. The molecule has 2 rings (SSSR count). The molecule has 0 radical (unpaired) electrons. The van der Waals surface area contributed by atoms with E-state index < -0.39 is 23.5 Å². The summed E-state index contributed by atoms with van der Waals surface area (Å²) in [4.78, 5) is 26.2. The molecule has 186 valence electrons. The first-order chi connectivity index (χ1) is 15.7. The molecule has 8 heteroatoms. The molecular weight excluding hydrogens is 438 g/mol. The summed E-state index contributed by atoms with van der Waals surface area (Å²) in [6.07, 6.45) is 6.69. The highest BCUT2D eigenvalue weighted by molar-refractivity contribution is 5.94. The Morgan fingerprint density at radius 1 is 0.970 bits per heavy atom. The zero-order valence-electron chi connectivity index (χ0n) is 19.4. The van der Waals surface area contributed by atoms with Crippen LogP contribution in [0.5, 0.6) is 0 Å². The topological polar surface area (TPSA) is 46.6 Å². The summed E-state index contributed by atoms with van der Waals surface area (Å²) in [6.45, 7) is 3.16. The molecule has 33 heavy (non-hydrogen) atoms. The molecule has 1 fully saturated rings. The maximum absolute atomic E-state index is 13.8. The fourth-order valence-corrected chi connectivity index (χ4v) is 4.08. The van der Waals surface area contributed by atoms with Crippen molar-refractivity contribution in [3.05, 3.63) is 35.1 Å². The van der Waals surface area contributed by atoms with Gasteiger partial charge in [0, 0.05) is 18.7 Å². The standard InChI is InChI=1S/C25H35F4NO3/c1-2-3-4-5-6-7-8-9-10-17-33-24(32)19-13-15-30(16-14-19)23(31)20-11-12-21(22(26)18-20)25(27,28)29/h11-12,18-19H,2-10,13-17H2,1H3. The molecule has 0 unspecified atom stereocenters. The predicted molar refractivity (Wildman–Crippen MR) is 118 cm³/mol. The van der Waals surface area contributed by atoms with E-state index in [-0.39, 0.29) is 30.5 Å². The fourth-order valence-electron chi connectivity index (χ4n) is 4.08. The number of unbranched alkanes of at least 4 members (excludes halogenated alkanes) is 8. The van der Waals surface area contributed by atoms with Crippen molar-refractivity contribution < 1.29 is 31.9 Å². The summed E-state index contributed by atoms with van der Waals surface area (Å²) < 4.78 is 57.2. The van der Waals surface area contributed by atoms with Gasteiger partial charge in [-0.15, -0.1) is 0 Å². The van der Waals surface area contributed by atoms with Gasteiger partial charge in [-0.05, 0) is 37.5 Å². The highest BCUT2D eigenvalue weighted by Crippen LogP contribution is 2.32. The van der Waals surface area contributed by atoms with E-state index in [1.807, 2.05) is 0 Å². The summed E-state index contributed by atoms with van der Waals surface area (Å²) in [5.74, 6) is -2.56. The van der Waals surface area contributed by atoms with E-state index in [1.54, 1.807) is 0 Å². The lowest BCUT2D eigenvalue weighted by molar-refractivity contribution is -0.150. The summed E-state index contributed by atoms with van der Waals surface area (Å²) in [5, 5.41) is 0. The second kappa shape index (κ2) is 13.6. The first kappa shape index (κ1) is 27.1. The Hall–Kier alpha value is -2.12. The highest BCUT2D eigenvalue weighted by atomic mass is 19.4. The van der Waals surface area contributed by atoms with Gasteiger partial charge in [0.25, 0.3) is 5.91 Å². The molecule has 1 heterocycles. The number of esters is 1. The number of piperidine rings is 1. The molecule has 0 N–H and O–H groups in total. The van der Waals surface area contributed by atoms with Crippen LogP contribution in [0, 0.1) is 11.7 Å². The van der Waals surface area contributed by atoms with Crippen molar-refractivity contribution in [1.29, 1.82) is 0 Å². The largest absolute Gasteiger partial charge is 0.465 e. The van der Waals surface area contributed by atoms with Crippen LogP contribution in [-0.2, 0) is 15.7 Å². The van der Waals surface area contributed by atoms with Gasteiger partial charge in [0.1, 0.15) is 5.82 Å². The Morgan fingerprint density at radius 2 is 1.55 bits per heavy atom. The van der Waals surface area contributed by atoms with Gasteiger partial charge < -0.3 is 9.64 Å². The minimum atomic E-state index is -4.81. The van der Waals surface area contributed by atoms with Crippen molar-refractivity contribution in [2.24, 2.45) is 5.92 Å². The van der Waals surface area contributed by atoms with Crippen molar-refractivity contribution in [2.45, 2.75) is 83.7 Å². The minimum absolute atomic E-state index is 0.133. The number of nitrogens with zero attached hydrogens (tertiary/aromatic N) is 1. The number of rotatable bonds is 12. The normalized spacial score (nSPS) is 15.0. The van der Waals surface area contributed by atoms with Gasteiger partial charge in [-0.25, -0.2) is 4.39 Å². The smallest absolute Gasteiger partial charge is 0.419 e. The average molecular weight is 474 g/mol. The van der Waals surface area contributed by atoms with Crippen LogP contribution in [0.3, 0.4) is 0 Å². The maximum Gasteiger partial charge on any atom is 0.419 e. The summed E-state index contributed by atoms with van der Waals surface area (Å²) in [6, 6.07) is 2.19. The molecule has 1 aliphatic heterocycles. The van der Waals surface area contributed by atoms with Crippen LogP contribution in [0.25, 0.3) is 0 Å². The van der Waals surface area contributed by atoms with Gasteiger partial charge >= 0.3 is 12.1 Å². The molecule has 1 amide bonds. The first-order valence-corrected chi connectivity index (χ1v) is 12.1. The first-order valence-electron chi connectivity index (χ1n) is 12.1. The Morgan fingerprint density at radius 3 is 2.09 bits per heavy atom. The SMILES string of the molecule is CCCCCCCCCCCOC(=O)C1CCN(C(=O)c2ccc(C(F)(F)F)c(F)c2)CC1. The van der Waals surface area contributed by atoms with Gasteiger partial charge in [0.2, 0.25) is 0 Å². The van der Waals surface area contributed by atoms with Gasteiger partial charge in [-0.2, -0.15) is 13.2 Å². The Bertz CT molecular complexity index is 759. The van der Waals surface area contributed by atoms with Crippen molar-refractivity contribution in [2.75, 3.05) is 19.7 Å². The number of benzene rings is 1. The zero-order chi connectivity index (χ0) is 24.3. The van der Waals surface area contributed by atoms with E-state index in [0.717, 1.165) is 25.3 Å². The maximum atomic E-state index is 13.8. The average Bonchev–Trinajstić information content (AvgIpc) is 2.79. The predicted octanol–water partition coefficient (Wildman–Crippen LogP) is 6.77. The quantitative estimate of drug-likeness (QED) is 0.191. The van der Waals surface area contributed by atoms with E-state index in [0.29, 0.717) is 31.6 Å². The number of halogens is 4. The number of ether oxygens (including phenoxy) is 1. The summed E-state index contributed by atoms with van der Waals surface area (Å²) in [5.41, 5.74) is -1.53. The Balaban J connectivity index is 1.65. The lowest BCUT2D eigenvalue weighted by Crippen LogP contribution is -2.40. The van der Waals surface area contributed by atoms with E-state index in [2.05, 4.69) is 6.92 Å². The van der Waals surface area contributed by atoms with Gasteiger partial charge in [0.05, 0.1) is 18.1 Å². The third-order valence-corrected chi connectivity index (χ3v) is 6.13. The third-order valence-electron chi connectivity index (χ3n) is 6.13. The monoisotopic (exact) mass is 473 g/mol. The molecule has 1 aromatic rings. The lowest BCUT2D eigenvalue weighted by atomic mass is 9.96. The molecule has 0 spiro atoms. The fraction of sp³-hybridized carbons (Fsp3) is 0.680. The minimum Gasteiger partial charge on any atom is -0.465 e. The third kappa shape index (κ3) is 8.97. The van der Waals surface area contributed by atoms with Gasteiger partial charge in [-0.3, -0.25) is 9.59 Å². The second-order valence-electron chi connectivity index (χ2n) is 8.75. The molecule has 1 aromatic carbocycles. The lowest BCUT2D eigenvalue weighted by Gasteiger charge is -2.31. The molecule has 0 bridgehead atoms. The van der Waals surface area contributed by atoms with Crippen molar-refractivity contribution in [3.8, 4) is 0 Å². The Kier molecular flexibility index (Phi) is 11.1. The molecular formula is C25H35F4NO3. The van der Waals surface area contributed by atoms with E-state index in [4.69, 9.17) is 4.74 Å². The molecule has 1 aliphatic rings. The van der Waals surface area contributed by atoms with Crippen LogP contribution in [0.2, 0.25) is 0 Å². The molecule has 0 atom stereocenters. The van der Waals surface area contributed by atoms with Crippen LogP contribution < -0.4 is 0 Å². The zero-order valence-corrected chi connectivity index (χ0v) is 19.4. The molecule has 4 nitrogen and oxygen atoms in total. The second-order valence-corrected chi connectivity index (χ2v) is 8.75. The summed E-state index contributed by atoms with van der Waals surface area (Å²) in [7, 11) is 0. The van der Waals surface area contributed by atoms with Crippen LogP contribution in [-0.4, -0.2) is 36.5 Å². The van der Waals surface area contributed by atoms with Crippen molar-refractivity contribution in [1.82, 2.24) is 4.90 Å².